The molecule has 154 valence electrons. The number of aryl methyl sites for hydroxylation is 3. The third-order valence-electron chi connectivity index (χ3n) is 5.35. The largest absolute Gasteiger partial charge is 0.464 e. The van der Waals surface area contributed by atoms with Gasteiger partial charge < -0.3 is 14.3 Å². The van der Waals surface area contributed by atoms with Crippen molar-refractivity contribution in [2.24, 2.45) is 0 Å². The molecule has 0 spiro atoms. The van der Waals surface area contributed by atoms with Crippen molar-refractivity contribution >= 4 is 22.6 Å². The topological polar surface area (TPSA) is 81.2 Å². The van der Waals surface area contributed by atoms with E-state index < -0.39 is 0 Å². The average Bonchev–Trinajstić information content (AvgIpc) is 3.32. The molecule has 0 bridgehead atoms. The number of anilines is 1. The number of benzene rings is 2. The Morgan fingerprint density at radius 2 is 1.87 bits per heavy atom. The second kappa shape index (κ2) is 7.78. The molecule has 0 saturated heterocycles. The highest BCUT2D eigenvalue weighted by Crippen LogP contribution is 2.31. The monoisotopic (exact) mass is 403 g/mol. The van der Waals surface area contributed by atoms with Gasteiger partial charge >= 0.3 is 0 Å². The Hall–Kier alpha value is -3.41. The van der Waals surface area contributed by atoms with Gasteiger partial charge in [0, 0.05) is 16.9 Å². The Morgan fingerprint density at radius 3 is 2.60 bits per heavy atom. The summed E-state index contributed by atoms with van der Waals surface area (Å²) < 4.78 is 11.1. The number of nitrogens with one attached hydrogen (secondary N) is 1. The summed E-state index contributed by atoms with van der Waals surface area (Å²) in [7, 11) is 0. The van der Waals surface area contributed by atoms with Crippen LogP contribution in [0.4, 0.5) is 5.69 Å². The van der Waals surface area contributed by atoms with Crippen molar-refractivity contribution in [1.29, 1.82) is 0 Å². The molecule has 6 nitrogen and oxygen atoms in total. The van der Waals surface area contributed by atoms with Gasteiger partial charge in [-0.25, -0.2) is 0 Å². The molecule has 1 N–H and O–H groups in total. The lowest BCUT2D eigenvalue weighted by Crippen LogP contribution is -2.15. The summed E-state index contributed by atoms with van der Waals surface area (Å²) in [5.41, 5.74) is 6.31. The van der Waals surface area contributed by atoms with Gasteiger partial charge in [-0.05, 0) is 55.7 Å². The van der Waals surface area contributed by atoms with Gasteiger partial charge in [0.2, 0.25) is 5.91 Å². The summed E-state index contributed by atoms with van der Waals surface area (Å²) in [5.74, 6) is 1.07. The van der Waals surface area contributed by atoms with Crippen molar-refractivity contribution in [1.82, 2.24) is 10.1 Å². The quantitative estimate of drug-likeness (QED) is 0.461. The molecule has 30 heavy (non-hydrogen) atoms. The predicted molar refractivity (Wildman–Crippen MR) is 117 cm³/mol. The minimum absolute atomic E-state index is 0.130. The molecule has 0 unspecified atom stereocenters. The Morgan fingerprint density at radius 1 is 1.10 bits per heavy atom. The molecule has 2 aromatic heterocycles. The fraction of sp³-hybridized carbons (Fsp3) is 0.292. The Labute approximate surface area is 175 Å². The number of aromatic nitrogens is 2. The summed E-state index contributed by atoms with van der Waals surface area (Å²) >= 11 is 0. The SMILES string of the molecule is Cc1cc2occ(CC(=O)Nc3c(C)cccc3-c3nc(C(C)C)no3)c2cc1C. The van der Waals surface area contributed by atoms with Gasteiger partial charge in [-0.1, -0.05) is 31.1 Å². The second-order valence-corrected chi connectivity index (χ2v) is 8.03. The van der Waals surface area contributed by atoms with Crippen molar-refractivity contribution in [3.63, 3.8) is 0 Å². The van der Waals surface area contributed by atoms with Crippen LogP contribution < -0.4 is 5.32 Å². The second-order valence-electron chi connectivity index (χ2n) is 8.03. The lowest BCUT2D eigenvalue weighted by atomic mass is 10.0. The van der Waals surface area contributed by atoms with Gasteiger partial charge in [0.25, 0.3) is 5.89 Å². The van der Waals surface area contributed by atoms with E-state index in [-0.39, 0.29) is 18.2 Å². The van der Waals surface area contributed by atoms with Gasteiger partial charge in [-0.2, -0.15) is 4.98 Å². The Bertz CT molecular complexity index is 1230. The van der Waals surface area contributed by atoms with Crippen LogP contribution in [-0.4, -0.2) is 16.0 Å². The van der Waals surface area contributed by atoms with E-state index in [9.17, 15) is 4.79 Å². The van der Waals surface area contributed by atoms with E-state index in [0.29, 0.717) is 23.0 Å². The zero-order valence-electron chi connectivity index (χ0n) is 17.9. The normalized spacial score (nSPS) is 11.4. The van der Waals surface area contributed by atoms with Crippen molar-refractivity contribution in [3.8, 4) is 11.5 Å². The number of hydrogen-bond donors (Lipinski definition) is 1. The number of rotatable bonds is 5. The molecule has 0 saturated carbocycles. The number of nitrogens with zero attached hydrogens (tertiary/aromatic N) is 2. The van der Waals surface area contributed by atoms with Crippen LogP contribution in [0.1, 0.15) is 47.8 Å². The number of carbonyl (C=O) groups is 1. The van der Waals surface area contributed by atoms with Crippen LogP contribution in [0.2, 0.25) is 0 Å². The Balaban J connectivity index is 1.61. The smallest absolute Gasteiger partial charge is 0.260 e. The van der Waals surface area contributed by atoms with Gasteiger partial charge in [0.1, 0.15) is 5.58 Å². The van der Waals surface area contributed by atoms with Gasteiger partial charge in [-0.3, -0.25) is 4.79 Å². The highest BCUT2D eigenvalue weighted by Gasteiger charge is 2.19. The Kier molecular flexibility index (Phi) is 5.16. The summed E-state index contributed by atoms with van der Waals surface area (Å²) in [6, 6.07) is 9.81. The zero-order chi connectivity index (χ0) is 21.4. The van der Waals surface area contributed by atoms with E-state index in [1.165, 1.54) is 5.56 Å². The van der Waals surface area contributed by atoms with Gasteiger partial charge in [-0.15, -0.1) is 0 Å². The van der Waals surface area contributed by atoms with E-state index in [1.54, 1.807) is 6.26 Å². The fourth-order valence-electron chi connectivity index (χ4n) is 3.42. The lowest BCUT2D eigenvalue weighted by molar-refractivity contribution is -0.115. The first-order valence-electron chi connectivity index (χ1n) is 10.0. The standard InChI is InChI=1S/C24H25N3O3/c1-13(2)23-26-24(30-27-23)18-8-6-7-14(3)22(18)25-21(28)11-17-12-29-20-10-16(5)15(4)9-19(17)20/h6-10,12-13H,11H2,1-5H3,(H,25,28). The highest BCUT2D eigenvalue weighted by atomic mass is 16.5. The molecule has 0 radical (unpaired) electrons. The van der Waals surface area contributed by atoms with E-state index in [0.717, 1.165) is 27.7 Å². The number of fused-ring (bicyclic) bond motifs is 1. The van der Waals surface area contributed by atoms with Crippen LogP contribution in [0.3, 0.4) is 0 Å². The van der Waals surface area contributed by atoms with Crippen LogP contribution in [0, 0.1) is 20.8 Å². The minimum Gasteiger partial charge on any atom is -0.464 e. The van der Waals surface area contributed by atoms with Gasteiger partial charge in [0.15, 0.2) is 5.82 Å². The maximum atomic E-state index is 12.9. The molecular formula is C24H25N3O3. The summed E-state index contributed by atoms with van der Waals surface area (Å²) in [5, 5.41) is 8.05. The molecule has 0 aliphatic rings. The number of furan rings is 1. The molecule has 2 aromatic carbocycles. The van der Waals surface area contributed by atoms with Crippen molar-refractivity contribution in [2.75, 3.05) is 5.32 Å². The molecule has 0 atom stereocenters. The molecule has 4 rings (SSSR count). The molecule has 0 aliphatic heterocycles. The maximum Gasteiger partial charge on any atom is 0.260 e. The van der Waals surface area contributed by atoms with E-state index in [2.05, 4.69) is 28.4 Å². The van der Waals surface area contributed by atoms with Crippen molar-refractivity contribution in [2.45, 2.75) is 47.0 Å². The van der Waals surface area contributed by atoms with Gasteiger partial charge in [0.05, 0.1) is 23.9 Å². The predicted octanol–water partition coefficient (Wildman–Crippen LogP) is 5.71. The molecule has 2 heterocycles. The molecule has 6 heteroatoms. The van der Waals surface area contributed by atoms with Crippen LogP contribution in [0.15, 0.2) is 45.5 Å². The van der Waals surface area contributed by atoms with E-state index in [4.69, 9.17) is 8.94 Å². The average molecular weight is 403 g/mol. The van der Waals surface area contributed by atoms with Crippen molar-refractivity contribution < 1.29 is 13.7 Å². The van der Waals surface area contributed by atoms with Crippen LogP contribution in [0.5, 0.6) is 0 Å². The fourth-order valence-corrected chi connectivity index (χ4v) is 3.42. The van der Waals surface area contributed by atoms with Crippen molar-refractivity contribution in [3.05, 3.63) is 64.7 Å². The number of para-hydroxylation sites is 1. The minimum atomic E-state index is -0.130. The first-order chi connectivity index (χ1) is 14.3. The number of hydrogen-bond acceptors (Lipinski definition) is 5. The maximum absolute atomic E-state index is 12.9. The van der Waals surface area contributed by atoms with E-state index >= 15 is 0 Å². The van der Waals surface area contributed by atoms with Crippen LogP contribution in [-0.2, 0) is 11.2 Å². The highest BCUT2D eigenvalue weighted by molar-refractivity contribution is 5.98. The third kappa shape index (κ3) is 3.73. The lowest BCUT2D eigenvalue weighted by Gasteiger charge is -2.11. The van der Waals surface area contributed by atoms with E-state index in [1.807, 2.05) is 52.0 Å². The summed E-state index contributed by atoms with van der Waals surface area (Å²) in [4.78, 5) is 17.4. The number of amides is 1. The molecule has 0 aliphatic carbocycles. The third-order valence-corrected chi connectivity index (χ3v) is 5.35. The summed E-state index contributed by atoms with van der Waals surface area (Å²) in [6.45, 7) is 10.1. The first kappa shape index (κ1) is 19.9. The zero-order valence-corrected chi connectivity index (χ0v) is 17.9. The van der Waals surface area contributed by atoms with Crippen LogP contribution in [0.25, 0.3) is 22.4 Å². The molecule has 1 amide bonds. The summed E-state index contributed by atoms with van der Waals surface area (Å²) in [6.07, 6.45) is 1.87. The van der Waals surface area contributed by atoms with Crippen LogP contribution >= 0.6 is 0 Å². The number of carbonyl (C=O) groups excluding carboxylic acids is 1. The first-order valence-corrected chi connectivity index (χ1v) is 10.0. The molecular weight excluding hydrogens is 378 g/mol. The molecule has 0 fully saturated rings. The molecule has 4 aromatic rings.